The molecule has 8 aliphatic rings. The topological polar surface area (TPSA) is 34.1 Å². The van der Waals surface area contributed by atoms with Crippen LogP contribution >= 0.6 is 7.92 Å². The number of hydrogen-bond donors (Lipinski definition) is 0. The number of rotatable bonds is 7. The lowest BCUT2D eigenvalue weighted by Crippen LogP contribution is -2.62. The van der Waals surface area contributed by atoms with Crippen molar-refractivity contribution >= 4 is 19.5 Å². The second-order valence-corrected chi connectivity index (χ2v) is 16.7. The summed E-state index contributed by atoms with van der Waals surface area (Å²) in [5.41, 5.74) is 0.0505. The van der Waals surface area contributed by atoms with Crippen molar-refractivity contribution in [2.75, 3.05) is 6.16 Å². The van der Waals surface area contributed by atoms with Crippen molar-refractivity contribution in [3.05, 3.63) is 0 Å². The second kappa shape index (κ2) is 6.90. The van der Waals surface area contributed by atoms with Gasteiger partial charge in [0, 0.05) is 10.8 Å². The highest BCUT2D eigenvalue weighted by molar-refractivity contribution is 7.61. The maximum atomic E-state index is 13.0. The standard InChI is InChI=1S/C28H43O2P/c1-4-5-6-31(27-13-21-7-22(14-27)10-25(9-21,17-27)19(2)29)28-15-23-8-24(16-28)12-26(11-23,18-28)20(3)30/h21-24H,4-18H2,1-3H3. The van der Waals surface area contributed by atoms with Gasteiger partial charge in [0.05, 0.1) is 0 Å². The molecule has 0 aromatic carbocycles. The number of carbonyl (C=O) groups is 2. The quantitative estimate of drug-likeness (QED) is 0.393. The van der Waals surface area contributed by atoms with Gasteiger partial charge in [-0.25, -0.2) is 0 Å². The van der Waals surface area contributed by atoms with Gasteiger partial charge in [0.2, 0.25) is 0 Å². The molecule has 8 saturated carbocycles. The minimum Gasteiger partial charge on any atom is -0.299 e. The Morgan fingerprint density at radius 1 is 0.710 bits per heavy atom. The number of ketones is 2. The van der Waals surface area contributed by atoms with E-state index in [1.54, 1.807) is 0 Å². The van der Waals surface area contributed by atoms with Crippen molar-refractivity contribution in [1.29, 1.82) is 0 Å². The zero-order valence-corrected chi connectivity index (χ0v) is 21.1. The van der Waals surface area contributed by atoms with Crippen LogP contribution in [0.2, 0.25) is 0 Å². The number of Topliss-reactive ketones (excluding diaryl/α,β-unsaturated/α-hetero) is 2. The number of hydrogen-bond acceptors (Lipinski definition) is 2. The van der Waals surface area contributed by atoms with Crippen LogP contribution in [0.1, 0.15) is 111 Å². The zero-order valence-electron chi connectivity index (χ0n) is 20.2. The van der Waals surface area contributed by atoms with Crippen molar-refractivity contribution in [3.63, 3.8) is 0 Å². The Morgan fingerprint density at radius 3 is 1.42 bits per heavy atom. The predicted octanol–water partition coefficient (Wildman–Crippen LogP) is 7.12. The molecular weight excluding hydrogens is 399 g/mol. The summed E-state index contributed by atoms with van der Waals surface area (Å²) in [5, 5.41) is 0.924. The normalized spacial score (nSPS) is 52.5. The molecule has 0 spiro atoms. The van der Waals surface area contributed by atoms with Gasteiger partial charge in [-0.05, 0) is 137 Å². The van der Waals surface area contributed by atoms with Gasteiger partial charge in [0.1, 0.15) is 11.6 Å². The third-order valence-electron chi connectivity index (χ3n) is 11.4. The molecule has 4 atom stereocenters. The minimum absolute atomic E-state index is 0.0252. The second-order valence-electron chi connectivity index (χ2n) is 13.5. The Bertz CT molecular complexity index is 709. The van der Waals surface area contributed by atoms with Crippen molar-refractivity contribution < 1.29 is 9.59 Å². The highest BCUT2D eigenvalue weighted by Crippen LogP contribution is 2.81. The molecule has 0 aromatic heterocycles. The molecule has 0 N–H and O–H groups in total. The smallest absolute Gasteiger partial charge is 0.136 e. The highest BCUT2D eigenvalue weighted by atomic mass is 31.1. The molecule has 8 rings (SSSR count). The molecule has 172 valence electrons. The van der Waals surface area contributed by atoms with Gasteiger partial charge in [-0.2, -0.15) is 0 Å². The van der Waals surface area contributed by atoms with Crippen molar-refractivity contribution in [1.82, 2.24) is 0 Å². The Labute approximate surface area is 190 Å². The van der Waals surface area contributed by atoms with Crippen molar-refractivity contribution in [2.24, 2.45) is 34.5 Å². The lowest BCUT2D eigenvalue weighted by atomic mass is 9.48. The van der Waals surface area contributed by atoms with E-state index in [1.165, 1.54) is 96.1 Å². The molecule has 0 amide bonds. The molecule has 0 radical (unpaired) electrons. The first-order valence-corrected chi connectivity index (χ1v) is 15.0. The highest BCUT2D eigenvalue weighted by Gasteiger charge is 2.68. The van der Waals surface area contributed by atoms with Gasteiger partial charge >= 0.3 is 0 Å². The molecule has 4 unspecified atom stereocenters. The first-order chi connectivity index (χ1) is 14.7. The van der Waals surface area contributed by atoms with Crippen LogP contribution in [0.5, 0.6) is 0 Å². The predicted molar refractivity (Wildman–Crippen MR) is 128 cm³/mol. The first-order valence-electron chi connectivity index (χ1n) is 13.5. The fourth-order valence-corrected chi connectivity index (χ4v) is 16.7. The van der Waals surface area contributed by atoms with E-state index >= 15 is 0 Å². The number of unbranched alkanes of at least 4 members (excludes halogenated alkanes) is 1. The van der Waals surface area contributed by atoms with E-state index in [2.05, 4.69) is 6.92 Å². The van der Waals surface area contributed by atoms with E-state index in [0.29, 0.717) is 21.9 Å². The molecule has 8 fully saturated rings. The lowest BCUT2D eigenvalue weighted by molar-refractivity contribution is -0.141. The maximum Gasteiger partial charge on any atom is 0.136 e. The van der Waals surface area contributed by atoms with E-state index in [4.69, 9.17) is 0 Å². The monoisotopic (exact) mass is 442 g/mol. The average molecular weight is 443 g/mol. The Kier molecular flexibility index (Phi) is 4.74. The molecule has 8 bridgehead atoms. The van der Waals surface area contributed by atoms with E-state index in [0.717, 1.165) is 23.7 Å². The summed E-state index contributed by atoms with van der Waals surface area (Å²) in [7, 11) is -0.132. The van der Waals surface area contributed by atoms with Crippen molar-refractivity contribution in [3.8, 4) is 0 Å². The molecule has 0 heterocycles. The van der Waals surface area contributed by atoms with E-state index in [1.807, 2.05) is 13.8 Å². The summed E-state index contributed by atoms with van der Waals surface area (Å²) in [6, 6.07) is 0. The first kappa shape index (κ1) is 21.3. The van der Waals surface area contributed by atoms with Crippen LogP contribution in [-0.4, -0.2) is 28.0 Å². The summed E-state index contributed by atoms with van der Waals surface area (Å²) in [6.45, 7) is 6.20. The SMILES string of the molecule is CCCCP(C12CC3CC(CC(C(C)=O)(C3)C1)C2)C12CC3CC(CC(C(C)=O)(C3)C1)C2. The van der Waals surface area contributed by atoms with Gasteiger partial charge in [0.25, 0.3) is 0 Å². The van der Waals surface area contributed by atoms with Crippen LogP contribution in [-0.2, 0) is 9.59 Å². The fraction of sp³-hybridized carbons (Fsp3) is 0.929. The van der Waals surface area contributed by atoms with Crippen LogP contribution < -0.4 is 0 Å². The number of carbonyl (C=O) groups excluding carboxylic acids is 2. The van der Waals surface area contributed by atoms with E-state index in [9.17, 15) is 9.59 Å². The summed E-state index contributed by atoms with van der Waals surface area (Å²) in [6.07, 6.45) is 19.9. The molecule has 8 aliphatic carbocycles. The zero-order chi connectivity index (χ0) is 21.6. The van der Waals surface area contributed by atoms with Crippen molar-refractivity contribution in [2.45, 2.75) is 121 Å². The van der Waals surface area contributed by atoms with Crippen LogP contribution in [0.25, 0.3) is 0 Å². The van der Waals surface area contributed by atoms with Crippen LogP contribution in [0, 0.1) is 34.5 Å². The van der Waals surface area contributed by atoms with E-state index < -0.39 is 0 Å². The molecule has 0 saturated heterocycles. The maximum absolute atomic E-state index is 13.0. The summed E-state index contributed by atoms with van der Waals surface area (Å²) >= 11 is 0. The van der Waals surface area contributed by atoms with Crippen LogP contribution in [0.15, 0.2) is 0 Å². The van der Waals surface area contributed by atoms with Crippen LogP contribution in [0.3, 0.4) is 0 Å². The summed E-state index contributed by atoms with van der Waals surface area (Å²) in [5.74, 6) is 4.28. The summed E-state index contributed by atoms with van der Waals surface area (Å²) in [4.78, 5) is 26.1. The Morgan fingerprint density at radius 2 is 1.10 bits per heavy atom. The molecule has 0 aromatic rings. The minimum atomic E-state index is -0.132. The molecule has 31 heavy (non-hydrogen) atoms. The Hall–Kier alpha value is -0.230. The van der Waals surface area contributed by atoms with Crippen LogP contribution in [0.4, 0.5) is 0 Å². The van der Waals surface area contributed by atoms with E-state index in [-0.39, 0.29) is 18.8 Å². The van der Waals surface area contributed by atoms with Gasteiger partial charge < -0.3 is 0 Å². The summed E-state index contributed by atoms with van der Waals surface area (Å²) < 4.78 is 0. The molecule has 3 heteroatoms. The Balaban J connectivity index is 1.43. The van der Waals surface area contributed by atoms with Gasteiger partial charge in [-0.15, -0.1) is 0 Å². The third-order valence-corrected chi connectivity index (χ3v) is 15.5. The third kappa shape index (κ3) is 2.98. The molecular formula is C28H43O2P. The largest absolute Gasteiger partial charge is 0.299 e. The molecule has 2 nitrogen and oxygen atoms in total. The van der Waals surface area contributed by atoms with Gasteiger partial charge in [-0.3, -0.25) is 9.59 Å². The fourth-order valence-electron chi connectivity index (χ4n) is 11.2. The van der Waals surface area contributed by atoms with Gasteiger partial charge in [0.15, 0.2) is 0 Å². The lowest BCUT2D eigenvalue weighted by Gasteiger charge is -2.70. The molecule has 0 aliphatic heterocycles. The van der Waals surface area contributed by atoms with Gasteiger partial charge in [-0.1, -0.05) is 21.3 Å². The average Bonchev–Trinajstić information content (AvgIpc) is 2.65.